The Morgan fingerprint density at radius 3 is 2.38 bits per heavy atom. The van der Waals surface area contributed by atoms with Crippen LogP contribution in [0.1, 0.15) is 10.6 Å². The Kier molecular flexibility index (Phi) is 4.94. The molecular weight excluding hydrogens is 387 g/mol. The van der Waals surface area contributed by atoms with Crippen molar-refractivity contribution >= 4 is 44.6 Å². The molecule has 0 saturated carbocycles. The quantitative estimate of drug-likeness (QED) is 0.709. The summed E-state index contributed by atoms with van der Waals surface area (Å²) in [4.78, 5) is 4.66. The lowest BCUT2D eigenvalue weighted by Crippen LogP contribution is -2.11. The molecule has 0 spiro atoms. The van der Waals surface area contributed by atoms with Gasteiger partial charge >= 0.3 is 0 Å². The van der Waals surface area contributed by atoms with E-state index in [9.17, 15) is 8.42 Å². The zero-order chi connectivity index (χ0) is 17.3. The molecule has 1 heterocycles. The van der Waals surface area contributed by atoms with Gasteiger partial charge in [-0.05, 0) is 29.8 Å². The number of sulfonamides is 1. The second kappa shape index (κ2) is 6.82. The van der Waals surface area contributed by atoms with Gasteiger partial charge in [-0.2, -0.15) is 0 Å². The van der Waals surface area contributed by atoms with Crippen molar-refractivity contribution in [3.8, 4) is 11.3 Å². The highest BCUT2D eigenvalue weighted by atomic mass is 35.5. The van der Waals surface area contributed by atoms with Gasteiger partial charge in [-0.25, -0.2) is 18.5 Å². The van der Waals surface area contributed by atoms with Crippen LogP contribution in [0.25, 0.3) is 11.3 Å². The molecule has 24 heavy (non-hydrogen) atoms. The molecule has 3 rings (SSSR count). The Balaban J connectivity index is 1.81. The first-order valence-electron chi connectivity index (χ1n) is 6.84. The Morgan fingerprint density at radius 2 is 1.75 bits per heavy atom. The van der Waals surface area contributed by atoms with Gasteiger partial charge in [0.05, 0.1) is 25.6 Å². The van der Waals surface area contributed by atoms with Crippen LogP contribution < -0.4 is 5.14 Å². The van der Waals surface area contributed by atoms with Crippen LogP contribution >= 0.6 is 34.5 Å². The molecule has 0 unspecified atom stereocenters. The number of rotatable bonds is 4. The molecular formula is C16H12Cl2N2O2S2. The van der Waals surface area contributed by atoms with E-state index in [4.69, 9.17) is 28.3 Å². The minimum atomic E-state index is -3.69. The summed E-state index contributed by atoms with van der Waals surface area (Å²) in [6.07, 6.45) is 0.650. The smallest absolute Gasteiger partial charge is 0.238 e. The number of nitrogens with two attached hydrogens (primary N) is 1. The molecule has 0 amide bonds. The largest absolute Gasteiger partial charge is 0.241 e. The SMILES string of the molecule is NS(=O)(=O)c1ccc(-c2csc(Cc3ccc(Cl)c(Cl)c3)n2)cc1. The van der Waals surface area contributed by atoms with E-state index in [-0.39, 0.29) is 4.90 Å². The molecule has 4 nitrogen and oxygen atoms in total. The highest BCUT2D eigenvalue weighted by molar-refractivity contribution is 7.89. The van der Waals surface area contributed by atoms with Crippen LogP contribution in [0.4, 0.5) is 0 Å². The summed E-state index contributed by atoms with van der Waals surface area (Å²) in [7, 11) is -3.69. The number of thiazole rings is 1. The third kappa shape index (κ3) is 3.96. The predicted molar refractivity (Wildman–Crippen MR) is 98.2 cm³/mol. The maximum atomic E-state index is 11.3. The summed E-state index contributed by atoms with van der Waals surface area (Å²) in [6.45, 7) is 0. The fraction of sp³-hybridized carbons (Fsp3) is 0.0625. The molecule has 0 bridgehead atoms. The van der Waals surface area contributed by atoms with Crippen LogP contribution in [0.2, 0.25) is 10.0 Å². The van der Waals surface area contributed by atoms with Gasteiger partial charge < -0.3 is 0 Å². The fourth-order valence-electron chi connectivity index (χ4n) is 2.16. The zero-order valence-electron chi connectivity index (χ0n) is 12.2. The third-order valence-electron chi connectivity index (χ3n) is 3.37. The number of hydrogen-bond donors (Lipinski definition) is 1. The summed E-state index contributed by atoms with van der Waals surface area (Å²) in [6, 6.07) is 11.8. The van der Waals surface area contributed by atoms with Gasteiger partial charge in [0.2, 0.25) is 10.0 Å². The number of aromatic nitrogens is 1. The second-order valence-corrected chi connectivity index (χ2v) is 8.44. The Labute approximate surface area is 153 Å². The molecule has 124 valence electrons. The van der Waals surface area contributed by atoms with E-state index in [1.54, 1.807) is 18.2 Å². The van der Waals surface area contributed by atoms with Crippen molar-refractivity contribution in [1.29, 1.82) is 0 Å². The number of benzene rings is 2. The van der Waals surface area contributed by atoms with E-state index in [0.717, 1.165) is 21.8 Å². The summed E-state index contributed by atoms with van der Waals surface area (Å²) in [5.41, 5.74) is 2.64. The molecule has 1 aromatic heterocycles. The van der Waals surface area contributed by atoms with Crippen molar-refractivity contribution in [2.75, 3.05) is 0 Å². The van der Waals surface area contributed by atoms with Crippen molar-refractivity contribution in [1.82, 2.24) is 4.98 Å². The topological polar surface area (TPSA) is 73.1 Å². The minimum absolute atomic E-state index is 0.0810. The number of halogens is 2. The van der Waals surface area contributed by atoms with Crippen LogP contribution in [0.3, 0.4) is 0 Å². The molecule has 2 aromatic carbocycles. The highest BCUT2D eigenvalue weighted by Crippen LogP contribution is 2.27. The number of nitrogens with zero attached hydrogens (tertiary/aromatic N) is 1. The predicted octanol–water partition coefficient (Wildman–Crippen LogP) is 4.36. The van der Waals surface area contributed by atoms with Gasteiger partial charge in [0.1, 0.15) is 0 Å². The van der Waals surface area contributed by atoms with Crippen LogP contribution in [0, 0.1) is 0 Å². The second-order valence-electron chi connectivity index (χ2n) is 5.12. The summed E-state index contributed by atoms with van der Waals surface area (Å²) in [5.74, 6) is 0. The number of hydrogen-bond acceptors (Lipinski definition) is 4. The monoisotopic (exact) mass is 398 g/mol. The molecule has 0 aliphatic rings. The lowest BCUT2D eigenvalue weighted by Gasteiger charge is -2.01. The van der Waals surface area contributed by atoms with Crippen molar-refractivity contribution < 1.29 is 8.42 Å². The first-order valence-corrected chi connectivity index (χ1v) is 10.0. The fourth-order valence-corrected chi connectivity index (χ4v) is 3.84. The molecule has 0 radical (unpaired) electrons. The maximum absolute atomic E-state index is 11.3. The lowest BCUT2D eigenvalue weighted by molar-refractivity contribution is 0.598. The molecule has 0 saturated heterocycles. The van der Waals surface area contributed by atoms with E-state index < -0.39 is 10.0 Å². The van der Waals surface area contributed by atoms with Crippen LogP contribution in [-0.2, 0) is 16.4 Å². The molecule has 2 N–H and O–H groups in total. The van der Waals surface area contributed by atoms with E-state index in [1.807, 2.05) is 17.5 Å². The average molecular weight is 399 g/mol. The first kappa shape index (κ1) is 17.4. The van der Waals surface area contributed by atoms with E-state index in [1.165, 1.54) is 23.5 Å². The van der Waals surface area contributed by atoms with E-state index in [0.29, 0.717) is 16.5 Å². The van der Waals surface area contributed by atoms with Gasteiger partial charge in [-0.15, -0.1) is 11.3 Å². The molecule has 0 aliphatic carbocycles. The van der Waals surface area contributed by atoms with Crippen molar-refractivity contribution in [2.24, 2.45) is 5.14 Å². The van der Waals surface area contributed by atoms with Gasteiger partial charge in [-0.1, -0.05) is 41.4 Å². The maximum Gasteiger partial charge on any atom is 0.238 e. The Bertz CT molecular complexity index is 984. The minimum Gasteiger partial charge on any atom is -0.241 e. The number of primary sulfonamides is 1. The van der Waals surface area contributed by atoms with Crippen molar-refractivity contribution in [3.05, 3.63) is 68.5 Å². The molecule has 8 heteroatoms. The Hall–Kier alpha value is -1.44. The summed E-state index contributed by atoms with van der Waals surface area (Å²) in [5, 5.41) is 9.00. The normalized spacial score (nSPS) is 11.6. The van der Waals surface area contributed by atoms with Crippen molar-refractivity contribution in [2.45, 2.75) is 11.3 Å². The standard InChI is InChI=1S/C16H12Cl2N2O2S2/c17-13-6-1-10(7-14(13)18)8-16-20-15(9-23-16)11-2-4-12(5-3-11)24(19,21)22/h1-7,9H,8H2,(H2,19,21,22). The van der Waals surface area contributed by atoms with Crippen LogP contribution in [-0.4, -0.2) is 13.4 Å². The molecule has 0 atom stereocenters. The van der Waals surface area contributed by atoms with Gasteiger partial charge in [-0.3, -0.25) is 0 Å². The van der Waals surface area contributed by atoms with E-state index >= 15 is 0 Å². The molecule has 0 aliphatic heterocycles. The molecule has 0 fully saturated rings. The van der Waals surface area contributed by atoms with Crippen LogP contribution in [0.5, 0.6) is 0 Å². The average Bonchev–Trinajstić information content (AvgIpc) is 2.99. The first-order chi connectivity index (χ1) is 11.3. The summed E-state index contributed by atoms with van der Waals surface area (Å²) < 4.78 is 22.6. The van der Waals surface area contributed by atoms with E-state index in [2.05, 4.69) is 4.98 Å². The highest BCUT2D eigenvalue weighted by Gasteiger charge is 2.10. The van der Waals surface area contributed by atoms with Gasteiger partial charge in [0, 0.05) is 17.4 Å². The zero-order valence-corrected chi connectivity index (χ0v) is 15.4. The van der Waals surface area contributed by atoms with Gasteiger partial charge in [0.15, 0.2) is 0 Å². The summed E-state index contributed by atoms with van der Waals surface area (Å²) >= 11 is 13.5. The molecule has 3 aromatic rings. The van der Waals surface area contributed by atoms with Gasteiger partial charge in [0.25, 0.3) is 0 Å². The van der Waals surface area contributed by atoms with Crippen LogP contribution in [0.15, 0.2) is 52.7 Å². The third-order valence-corrected chi connectivity index (χ3v) is 5.89. The Morgan fingerprint density at radius 1 is 1.04 bits per heavy atom. The van der Waals surface area contributed by atoms with Crippen molar-refractivity contribution in [3.63, 3.8) is 0 Å². The lowest BCUT2D eigenvalue weighted by atomic mass is 10.1.